The number of fused-ring (bicyclic) bond motifs is 1. The van der Waals surface area contributed by atoms with Gasteiger partial charge in [0.25, 0.3) is 0 Å². The van der Waals surface area contributed by atoms with Crippen LogP contribution in [0.2, 0.25) is 19.6 Å². The van der Waals surface area contributed by atoms with Crippen molar-refractivity contribution in [3.63, 3.8) is 0 Å². The molecule has 102 valence electrons. The highest BCUT2D eigenvalue weighted by Gasteiger charge is 2.22. The number of aldehydes is 1. The minimum atomic E-state index is -1.51. The summed E-state index contributed by atoms with van der Waals surface area (Å²) in [6.45, 7) is 6.58. The zero-order chi connectivity index (χ0) is 14.0. The summed E-state index contributed by atoms with van der Waals surface area (Å²) in [4.78, 5) is 14.9. The molecule has 2 aromatic rings. The Morgan fingerprint density at radius 1 is 1.37 bits per heavy atom. The Hall–Kier alpha value is -1.17. The van der Waals surface area contributed by atoms with E-state index in [0.29, 0.717) is 0 Å². The summed E-state index contributed by atoms with van der Waals surface area (Å²) in [7, 11) is 0.143. The van der Waals surface area contributed by atoms with Crippen molar-refractivity contribution < 1.29 is 9.53 Å². The van der Waals surface area contributed by atoms with Gasteiger partial charge in [0.05, 0.1) is 13.2 Å². The van der Waals surface area contributed by atoms with Crippen LogP contribution in [0.5, 0.6) is 5.75 Å². The van der Waals surface area contributed by atoms with Crippen molar-refractivity contribution in [1.82, 2.24) is 4.98 Å². The minimum Gasteiger partial charge on any atom is -0.497 e. The van der Waals surface area contributed by atoms with Crippen LogP contribution in [0.3, 0.4) is 0 Å². The normalized spacial score (nSPS) is 13.5. The lowest BCUT2D eigenvalue weighted by atomic mass is 10.1. The minimum absolute atomic E-state index is 0.229. The molecule has 0 amide bonds. The van der Waals surface area contributed by atoms with Gasteiger partial charge in [-0.15, -0.1) is 11.3 Å². The van der Waals surface area contributed by atoms with Crippen molar-refractivity contribution in [3.8, 4) is 5.75 Å². The highest BCUT2D eigenvalue weighted by molar-refractivity contribution is 7.17. The molecule has 2 rings (SSSR count). The molecule has 0 saturated carbocycles. The maximum atomic E-state index is 11.4. The second-order valence-corrected chi connectivity index (χ2v) is 11.3. The van der Waals surface area contributed by atoms with Crippen LogP contribution in [0.4, 0.5) is 0 Å². The van der Waals surface area contributed by atoms with Crippen LogP contribution in [0.25, 0.3) is 10.1 Å². The molecule has 0 aliphatic heterocycles. The molecule has 0 saturated heterocycles. The molecular formula is C14H19NO2SSi. The maximum Gasteiger partial charge on any atom is 0.140 e. The van der Waals surface area contributed by atoms with Gasteiger partial charge in [-0.05, 0) is 29.1 Å². The van der Waals surface area contributed by atoms with Crippen molar-refractivity contribution in [2.45, 2.75) is 25.7 Å². The van der Waals surface area contributed by atoms with Gasteiger partial charge in [0.2, 0.25) is 0 Å². The van der Waals surface area contributed by atoms with E-state index < -0.39 is 8.24 Å². The molecule has 1 heterocycles. The van der Waals surface area contributed by atoms with E-state index in [0.717, 1.165) is 23.0 Å². The number of hydrogen-bond acceptors (Lipinski definition) is 4. The summed E-state index contributed by atoms with van der Waals surface area (Å²) >= 11 is 1.66. The van der Waals surface area contributed by atoms with Crippen LogP contribution >= 0.6 is 11.3 Å². The van der Waals surface area contributed by atoms with Gasteiger partial charge in [-0.2, -0.15) is 0 Å². The molecule has 1 aromatic carbocycles. The van der Waals surface area contributed by atoms with Gasteiger partial charge >= 0.3 is 0 Å². The van der Waals surface area contributed by atoms with E-state index in [1.807, 2.05) is 18.2 Å². The first-order valence-corrected chi connectivity index (χ1v) is 10.6. The van der Waals surface area contributed by atoms with Gasteiger partial charge in [0, 0.05) is 10.1 Å². The second kappa shape index (κ2) is 5.44. The van der Waals surface area contributed by atoms with E-state index in [4.69, 9.17) is 4.74 Å². The lowest BCUT2D eigenvalue weighted by molar-refractivity contribution is -0.109. The number of carbonyl (C=O) groups excluding carboxylic acids is 1. The highest BCUT2D eigenvalue weighted by Crippen LogP contribution is 2.33. The molecule has 1 atom stereocenters. The molecule has 19 heavy (non-hydrogen) atoms. The van der Waals surface area contributed by atoms with Crippen LogP contribution in [0.1, 0.15) is 11.6 Å². The number of methoxy groups -OCH3 is 1. The number of benzene rings is 1. The second-order valence-electron chi connectivity index (χ2n) is 5.56. The summed E-state index contributed by atoms with van der Waals surface area (Å²) in [5.41, 5.74) is 1.05. The molecule has 0 aliphatic rings. The molecule has 1 unspecified atom stereocenters. The highest BCUT2D eigenvalue weighted by atomic mass is 32.1. The van der Waals surface area contributed by atoms with Gasteiger partial charge in [-0.25, -0.2) is 0 Å². The van der Waals surface area contributed by atoms with E-state index >= 15 is 0 Å². The Bertz CT molecular complexity index is 589. The van der Waals surface area contributed by atoms with E-state index in [1.165, 1.54) is 4.70 Å². The van der Waals surface area contributed by atoms with Gasteiger partial charge in [0.1, 0.15) is 20.3 Å². The molecule has 1 aromatic heterocycles. The largest absolute Gasteiger partial charge is 0.497 e. The Morgan fingerprint density at radius 2 is 2.11 bits per heavy atom. The Labute approximate surface area is 118 Å². The number of carbonyl (C=O) groups is 1. The fourth-order valence-electron chi connectivity index (χ4n) is 2.05. The van der Waals surface area contributed by atoms with Gasteiger partial charge in [-0.3, -0.25) is 0 Å². The van der Waals surface area contributed by atoms with Gasteiger partial charge in [0.15, 0.2) is 0 Å². The predicted octanol–water partition coefficient (Wildman–Crippen LogP) is 3.57. The van der Waals surface area contributed by atoms with Crippen LogP contribution in [0.15, 0.2) is 23.6 Å². The first-order chi connectivity index (χ1) is 8.94. The Kier molecular flexibility index (Phi) is 4.08. The fourth-order valence-corrected chi connectivity index (χ4v) is 4.18. The predicted molar refractivity (Wildman–Crippen MR) is 83.7 cm³/mol. The molecule has 0 radical (unpaired) electrons. The van der Waals surface area contributed by atoms with Crippen molar-refractivity contribution in [1.29, 1.82) is 0 Å². The number of hydrogen-bond donors (Lipinski definition) is 1. The summed E-state index contributed by atoms with van der Waals surface area (Å²) in [5.74, 6) is 0.824. The zero-order valence-electron chi connectivity index (χ0n) is 11.7. The van der Waals surface area contributed by atoms with Gasteiger partial charge < -0.3 is 14.5 Å². The van der Waals surface area contributed by atoms with E-state index in [2.05, 4.69) is 30.0 Å². The Morgan fingerprint density at radius 3 is 2.68 bits per heavy atom. The summed E-state index contributed by atoms with van der Waals surface area (Å²) in [5, 5.41) is 3.17. The fraction of sp³-hybridized carbons (Fsp3) is 0.357. The smallest absolute Gasteiger partial charge is 0.140 e. The first kappa shape index (κ1) is 14.2. The van der Waals surface area contributed by atoms with Crippen LogP contribution in [-0.2, 0) is 4.79 Å². The van der Waals surface area contributed by atoms with E-state index in [1.54, 1.807) is 18.4 Å². The number of nitrogens with one attached hydrogen (secondary N) is 1. The quantitative estimate of drug-likeness (QED) is 0.676. The first-order valence-electron chi connectivity index (χ1n) is 6.23. The molecular weight excluding hydrogens is 274 g/mol. The topological polar surface area (TPSA) is 38.3 Å². The molecule has 0 fully saturated rings. The van der Waals surface area contributed by atoms with E-state index in [-0.39, 0.29) is 6.04 Å². The molecule has 0 aliphatic carbocycles. The summed E-state index contributed by atoms with van der Waals surface area (Å²) < 4.78 is 6.45. The van der Waals surface area contributed by atoms with Crippen LogP contribution in [-0.4, -0.2) is 21.6 Å². The standard InChI is InChI=1S/C14H19NO2SSi/c1-17-10-5-6-14-11(7-10)12(9-18-14)13(8-16)15-19(2,3)4/h5-9,13,15H,1-4H3. The van der Waals surface area contributed by atoms with Crippen molar-refractivity contribution >= 4 is 35.9 Å². The molecule has 0 spiro atoms. The Balaban J connectivity index is 2.45. The van der Waals surface area contributed by atoms with Gasteiger partial charge in [-0.1, -0.05) is 19.6 Å². The average molecular weight is 293 g/mol. The van der Waals surface area contributed by atoms with Crippen molar-refractivity contribution in [3.05, 3.63) is 29.1 Å². The van der Waals surface area contributed by atoms with Crippen molar-refractivity contribution in [2.24, 2.45) is 0 Å². The third-order valence-electron chi connectivity index (χ3n) is 2.87. The molecule has 3 nitrogen and oxygen atoms in total. The molecule has 0 bridgehead atoms. The summed E-state index contributed by atoms with van der Waals surface area (Å²) in [6.07, 6.45) is 0.999. The average Bonchev–Trinajstić information content (AvgIpc) is 2.77. The molecule has 1 N–H and O–H groups in total. The number of rotatable bonds is 5. The lowest BCUT2D eigenvalue weighted by Crippen LogP contribution is -2.44. The third kappa shape index (κ3) is 3.23. The lowest BCUT2D eigenvalue weighted by Gasteiger charge is -2.23. The third-order valence-corrected chi connectivity index (χ3v) is 5.03. The summed E-state index contributed by atoms with van der Waals surface area (Å²) in [6, 6.07) is 5.76. The SMILES string of the molecule is COc1ccc2scc(C(C=O)N[Si](C)(C)C)c2c1. The maximum absolute atomic E-state index is 11.4. The van der Waals surface area contributed by atoms with E-state index in [9.17, 15) is 4.79 Å². The number of thiophene rings is 1. The molecule has 5 heteroatoms. The monoisotopic (exact) mass is 293 g/mol. The zero-order valence-corrected chi connectivity index (χ0v) is 13.5. The number of ether oxygens (including phenoxy) is 1. The van der Waals surface area contributed by atoms with Crippen molar-refractivity contribution in [2.75, 3.05) is 7.11 Å². The van der Waals surface area contributed by atoms with Crippen LogP contribution in [0, 0.1) is 0 Å². The van der Waals surface area contributed by atoms with Crippen LogP contribution < -0.4 is 9.72 Å².